The summed E-state index contributed by atoms with van der Waals surface area (Å²) in [6.07, 6.45) is 1.12. The lowest BCUT2D eigenvalue weighted by molar-refractivity contribution is -0.138. The van der Waals surface area contributed by atoms with E-state index in [1.165, 1.54) is 65.4 Å². The number of ether oxygens (including phenoxy) is 5. The molecule has 2 bridgehead atoms. The SMILES string of the molecule is N=C(c1ccc(/N=N/c2ccc(C(=O)N[C@H](CCC(=O)NCCCCNc3ncnc4c3ncn4C3OC(CSCCC(N)C(=O)O)C(O)C3O)C(=O)NCCNC(=O)CCOCCOCCOCCOCCNC(=O)C3CC4C=CC3C4)cc2)cc1)C(F)(F)F. The molecule has 2 aromatic carbocycles. The Kier molecular flexibility index (Phi) is 28.4. The zero-order chi connectivity index (χ0) is 65.1. The number of aliphatic hydroxyl groups is 2. The zero-order valence-corrected chi connectivity index (χ0v) is 50.8. The summed E-state index contributed by atoms with van der Waals surface area (Å²) in [6, 6.07) is 8.33. The highest BCUT2D eigenvalue weighted by Crippen LogP contribution is 2.43. The number of fused-ring (bicyclic) bond motifs is 3. The third-order valence-corrected chi connectivity index (χ3v) is 16.1. The Balaban J connectivity index is 0.787. The zero-order valence-electron chi connectivity index (χ0n) is 50.0. The molecule has 1 aliphatic heterocycles. The minimum atomic E-state index is -4.81. The fourth-order valence-corrected chi connectivity index (χ4v) is 11.1. The van der Waals surface area contributed by atoms with Crippen molar-refractivity contribution in [3.05, 3.63) is 84.5 Å². The highest BCUT2D eigenvalue weighted by atomic mass is 32.2. The molecule has 9 atom stereocenters. The molecular formula is C59H79F3N14O14S. The number of amides is 5. The Hall–Kier alpha value is -7.56. The molecule has 2 fully saturated rings. The fraction of sp³-hybridized carbons (Fsp3) is 0.559. The van der Waals surface area contributed by atoms with E-state index >= 15 is 0 Å². The number of allylic oxidation sites excluding steroid dienone is 2. The van der Waals surface area contributed by atoms with E-state index in [9.17, 15) is 52.2 Å². The van der Waals surface area contributed by atoms with Crippen LogP contribution >= 0.6 is 11.8 Å². The van der Waals surface area contributed by atoms with E-state index in [1.807, 2.05) is 0 Å². The number of alkyl halides is 3. The van der Waals surface area contributed by atoms with Crippen LogP contribution in [0.1, 0.15) is 73.5 Å². The number of aliphatic hydroxyl groups excluding tert-OH is 2. The number of nitrogens with zero attached hydrogens (tertiary/aromatic N) is 6. The predicted molar refractivity (Wildman–Crippen MR) is 326 cm³/mol. The first-order valence-corrected chi connectivity index (χ1v) is 31.2. The molecule has 28 nitrogen and oxygen atoms in total. The molecular weight excluding hydrogens is 1220 g/mol. The van der Waals surface area contributed by atoms with Crippen LogP contribution in [0, 0.1) is 23.2 Å². The number of carboxylic acids is 1. The number of benzene rings is 2. The van der Waals surface area contributed by atoms with Crippen molar-refractivity contribution in [2.75, 3.05) is 102 Å². The molecule has 12 N–H and O–H groups in total. The van der Waals surface area contributed by atoms with E-state index in [4.69, 9.17) is 39.9 Å². The van der Waals surface area contributed by atoms with Crippen LogP contribution in [0.3, 0.4) is 0 Å². The van der Waals surface area contributed by atoms with Crippen molar-refractivity contribution in [1.29, 1.82) is 5.41 Å². The van der Waals surface area contributed by atoms with Gasteiger partial charge in [-0.15, -0.1) is 0 Å². The summed E-state index contributed by atoms with van der Waals surface area (Å²) in [6.45, 7) is 3.73. The first-order chi connectivity index (χ1) is 43.9. The number of thioether (sulfide) groups is 1. The Bertz CT molecular complexity index is 3090. The highest BCUT2D eigenvalue weighted by molar-refractivity contribution is 7.99. The van der Waals surface area contributed by atoms with Gasteiger partial charge in [0.1, 0.15) is 36.3 Å². The number of nitrogens with one attached hydrogen (secondary N) is 7. The monoisotopic (exact) mass is 1300 g/mol. The summed E-state index contributed by atoms with van der Waals surface area (Å²) in [5, 5.41) is 63.1. The van der Waals surface area contributed by atoms with E-state index in [0.717, 1.165) is 25.0 Å². The van der Waals surface area contributed by atoms with Crippen LogP contribution in [-0.4, -0.2) is 210 Å². The molecule has 3 heterocycles. The number of imidazole rings is 1. The van der Waals surface area contributed by atoms with Crippen molar-refractivity contribution in [1.82, 2.24) is 46.1 Å². The van der Waals surface area contributed by atoms with E-state index in [-0.39, 0.29) is 111 Å². The number of carbonyl (C=O) groups excluding carboxylic acids is 5. The second-order valence-corrected chi connectivity index (χ2v) is 22.8. The maximum Gasteiger partial charge on any atom is 0.433 e. The average Bonchev–Trinajstić information content (AvgIpc) is 1.67. The van der Waals surface area contributed by atoms with Crippen LogP contribution in [0.15, 0.2) is 83.6 Å². The van der Waals surface area contributed by atoms with Gasteiger partial charge in [-0.2, -0.15) is 35.2 Å². The molecule has 496 valence electrons. The van der Waals surface area contributed by atoms with Crippen molar-refractivity contribution >= 4 is 81.3 Å². The van der Waals surface area contributed by atoms with Crippen LogP contribution in [0.2, 0.25) is 0 Å². The van der Waals surface area contributed by atoms with Crippen LogP contribution in [0.25, 0.3) is 11.2 Å². The summed E-state index contributed by atoms with van der Waals surface area (Å²) < 4.78 is 68.4. The molecule has 32 heteroatoms. The van der Waals surface area contributed by atoms with Crippen molar-refractivity contribution in [2.45, 2.75) is 94.2 Å². The number of carbonyl (C=O) groups is 6. The van der Waals surface area contributed by atoms with Crippen molar-refractivity contribution < 1.29 is 80.9 Å². The number of aromatic nitrogens is 4. The molecule has 1 saturated heterocycles. The summed E-state index contributed by atoms with van der Waals surface area (Å²) in [4.78, 5) is 89.2. The third-order valence-electron chi connectivity index (χ3n) is 15.0. The molecule has 1 saturated carbocycles. The lowest BCUT2D eigenvalue weighted by atomic mass is 9.93. The number of halogens is 3. The Labute approximate surface area is 526 Å². The number of hydrogen-bond acceptors (Lipinski definition) is 22. The minimum absolute atomic E-state index is 0.00833. The van der Waals surface area contributed by atoms with Gasteiger partial charge in [0.2, 0.25) is 23.6 Å². The minimum Gasteiger partial charge on any atom is -0.480 e. The van der Waals surface area contributed by atoms with Gasteiger partial charge in [-0.25, -0.2) is 15.0 Å². The molecule has 0 radical (unpaired) electrons. The number of rotatable bonds is 41. The second-order valence-electron chi connectivity index (χ2n) is 21.6. The number of anilines is 1. The quantitative estimate of drug-likeness (QED) is 0.0131. The summed E-state index contributed by atoms with van der Waals surface area (Å²) in [5.74, 6) is -0.922. The number of nitrogens with two attached hydrogens (primary N) is 1. The average molecular weight is 1300 g/mol. The van der Waals surface area contributed by atoms with Gasteiger partial charge < -0.3 is 76.6 Å². The second kappa shape index (κ2) is 36.5. The van der Waals surface area contributed by atoms with E-state index in [2.05, 4.69) is 69.2 Å². The summed E-state index contributed by atoms with van der Waals surface area (Å²) in [5.41, 5.74) is 5.10. The maximum absolute atomic E-state index is 13.6. The standard InChI is InChI=1S/C59H79F3N14O14S/c60-59(61,62)51(64)37-5-9-40(10-6-37)74-75-41-11-7-38(8-12-41)54(81)73-44(56(83)68-20-19-66-47(78)15-22-86-24-26-88-28-29-89-27-25-87-23-21-69-55(82)42-32-36-3-4-39(42)31-36)13-14-46(77)65-17-1-2-18-67-52-48-53(71-34-70-52)76(35-72-48)57-50(80)49(79)45(90-57)33-91-30-16-43(63)58(84)85/h3-12,34-36,39,42-45,49-50,57,64,79-80H,1-2,13-33,63H2,(H,65,77)(H,66,78)(H,68,83)(H,69,82)(H,73,81)(H,84,85)(H,67,70,71)/b64-51?,75-74+/t36?,39?,42?,43?,44-,45?,49?,50?,57?/m1/s1. The molecule has 7 rings (SSSR count). The number of unbranched alkanes of at least 4 members (excludes halogenated alkanes) is 1. The number of carboxylic acid groups (broad SMARTS) is 1. The molecule has 2 aliphatic carbocycles. The summed E-state index contributed by atoms with van der Waals surface area (Å²) in [7, 11) is 0. The topological polar surface area (TPSA) is 400 Å². The number of aliphatic carboxylic acids is 1. The van der Waals surface area contributed by atoms with Crippen LogP contribution in [0.5, 0.6) is 0 Å². The molecule has 2 aromatic heterocycles. The Morgan fingerprint density at radius 1 is 0.736 bits per heavy atom. The van der Waals surface area contributed by atoms with Gasteiger partial charge in [0, 0.05) is 68.4 Å². The van der Waals surface area contributed by atoms with Gasteiger partial charge in [0.15, 0.2) is 23.2 Å². The van der Waals surface area contributed by atoms with Gasteiger partial charge in [-0.05, 0) is 92.5 Å². The lowest BCUT2D eigenvalue weighted by Crippen LogP contribution is -2.48. The first kappa shape index (κ1) is 70.9. The van der Waals surface area contributed by atoms with Gasteiger partial charge in [-0.3, -0.25) is 38.7 Å². The molecule has 4 aromatic rings. The van der Waals surface area contributed by atoms with Crippen molar-refractivity contribution in [3.63, 3.8) is 0 Å². The van der Waals surface area contributed by atoms with Crippen LogP contribution in [-0.2, 0) is 47.7 Å². The van der Waals surface area contributed by atoms with Gasteiger partial charge in [0.25, 0.3) is 5.91 Å². The molecule has 3 aliphatic rings. The highest BCUT2D eigenvalue weighted by Gasteiger charge is 2.44. The summed E-state index contributed by atoms with van der Waals surface area (Å²) >= 11 is 1.34. The molecule has 8 unspecified atom stereocenters. The van der Waals surface area contributed by atoms with Gasteiger partial charge in [0.05, 0.1) is 76.7 Å². The third kappa shape index (κ3) is 22.7. The van der Waals surface area contributed by atoms with Gasteiger partial charge in [-0.1, -0.05) is 24.3 Å². The smallest absolute Gasteiger partial charge is 0.433 e. The molecule has 91 heavy (non-hydrogen) atoms. The van der Waals surface area contributed by atoms with Crippen LogP contribution < -0.4 is 37.6 Å². The predicted octanol–water partition coefficient (Wildman–Crippen LogP) is 3.23. The number of azo groups is 1. The maximum atomic E-state index is 13.6. The van der Waals surface area contributed by atoms with Gasteiger partial charge >= 0.3 is 12.1 Å². The van der Waals surface area contributed by atoms with Crippen molar-refractivity contribution in [3.8, 4) is 0 Å². The van der Waals surface area contributed by atoms with Crippen molar-refractivity contribution in [2.24, 2.45) is 33.7 Å². The first-order valence-electron chi connectivity index (χ1n) is 30.0. The largest absolute Gasteiger partial charge is 0.480 e. The molecule has 5 amide bonds. The lowest BCUT2D eigenvalue weighted by Gasteiger charge is -2.19. The fourth-order valence-electron chi connectivity index (χ4n) is 10.00. The van der Waals surface area contributed by atoms with E-state index in [1.54, 1.807) is 0 Å². The van der Waals surface area contributed by atoms with E-state index < -0.39 is 66.3 Å². The number of hydrogen-bond donors (Lipinski definition) is 11. The van der Waals surface area contributed by atoms with Crippen LogP contribution in [0.4, 0.5) is 30.4 Å². The Morgan fingerprint density at radius 3 is 2.01 bits per heavy atom. The molecule has 0 spiro atoms. The Morgan fingerprint density at radius 2 is 1.36 bits per heavy atom. The normalized spacial score (nSPS) is 20.0. The van der Waals surface area contributed by atoms with E-state index in [0.29, 0.717) is 99.2 Å².